The number of esters is 2. The highest BCUT2D eigenvalue weighted by Gasteiger charge is 2.34. The highest BCUT2D eigenvalue weighted by atomic mass is 127. The lowest BCUT2D eigenvalue weighted by Gasteiger charge is -2.17. The number of nitrogens with zero attached hydrogens (tertiary/aromatic N) is 1. The fraction of sp³-hybridized carbons (Fsp3) is 0.273. The number of benzene rings is 1. The van der Waals surface area contributed by atoms with Crippen LogP contribution in [0.25, 0.3) is 6.08 Å². The van der Waals surface area contributed by atoms with Gasteiger partial charge >= 0.3 is 18.0 Å². The smallest absolute Gasteiger partial charge is 0.373 e. The van der Waals surface area contributed by atoms with E-state index in [0.717, 1.165) is 4.90 Å². The molecule has 34 heavy (non-hydrogen) atoms. The molecule has 1 N–H and O–H groups in total. The molecule has 1 saturated heterocycles. The van der Waals surface area contributed by atoms with Crippen LogP contribution in [0.1, 0.15) is 28.8 Å². The van der Waals surface area contributed by atoms with Crippen molar-refractivity contribution in [2.75, 3.05) is 21.3 Å². The minimum Gasteiger partial charge on any atom is -0.493 e. The van der Waals surface area contributed by atoms with Crippen molar-refractivity contribution in [3.05, 3.63) is 50.6 Å². The molecule has 0 spiro atoms. The molecule has 3 amide bonds. The molecule has 0 saturated carbocycles. The van der Waals surface area contributed by atoms with E-state index < -0.39 is 30.0 Å². The Hall–Kier alpha value is -3.55. The van der Waals surface area contributed by atoms with E-state index in [1.54, 1.807) is 19.1 Å². The lowest BCUT2D eigenvalue weighted by molar-refractivity contribution is -0.148. The predicted molar refractivity (Wildman–Crippen MR) is 125 cm³/mol. The largest absolute Gasteiger partial charge is 0.493 e. The quantitative estimate of drug-likeness (QED) is 0.215. The fourth-order valence-corrected chi connectivity index (χ4v) is 3.79. The minimum absolute atomic E-state index is 0.0363. The molecule has 1 fully saturated rings. The first kappa shape index (κ1) is 25.1. The van der Waals surface area contributed by atoms with E-state index in [9.17, 15) is 19.2 Å². The standard InChI is InChI=1S/C22H21IN2O9/c1-11(20(27)31-3)33-18-14(23)7-12(9-17(18)30-2)8-15-19(26)25(22(29)24-15)10-13-5-6-16(34-13)21(28)32-4/h5-9,11H,10H2,1-4H3,(H,24,29)/b15-8-/t11-/m0/s1. The fourth-order valence-electron chi connectivity index (χ4n) is 3.04. The number of ether oxygens (including phenoxy) is 4. The van der Waals surface area contributed by atoms with Crippen LogP contribution in [0, 0.1) is 3.57 Å². The zero-order valence-electron chi connectivity index (χ0n) is 18.7. The van der Waals surface area contributed by atoms with Crippen LogP contribution in [-0.4, -0.2) is 56.2 Å². The lowest BCUT2D eigenvalue weighted by Crippen LogP contribution is -2.30. The Kier molecular flexibility index (Phi) is 7.81. The van der Waals surface area contributed by atoms with Crippen LogP contribution in [0.3, 0.4) is 0 Å². The number of rotatable bonds is 8. The van der Waals surface area contributed by atoms with Crippen molar-refractivity contribution in [3.8, 4) is 11.5 Å². The van der Waals surface area contributed by atoms with Crippen molar-refractivity contribution in [2.24, 2.45) is 0 Å². The number of imide groups is 1. The van der Waals surface area contributed by atoms with Crippen LogP contribution in [0.5, 0.6) is 11.5 Å². The predicted octanol–water partition coefficient (Wildman–Crippen LogP) is 2.71. The van der Waals surface area contributed by atoms with E-state index in [-0.39, 0.29) is 23.8 Å². The van der Waals surface area contributed by atoms with Crippen molar-refractivity contribution < 1.29 is 42.5 Å². The highest BCUT2D eigenvalue weighted by molar-refractivity contribution is 14.1. The average molecular weight is 584 g/mol. The number of hydrogen-bond acceptors (Lipinski definition) is 9. The van der Waals surface area contributed by atoms with E-state index in [0.29, 0.717) is 20.6 Å². The molecule has 1 aliphatic heterocycles. The minimum atomic E-state index is -0.859. The van der Waals surface area contributed by atoms with Gasteiger partial charge in [-0.3, -0.25) is 9.69 Å². The van der Waals surface area contributed by atoms with Gasteiger partial charge in [-0.1, -0.05) is 0 Å². The van der Waals surface area contributed by atoms with Crippen molar-refractivity contribution in [3.63, 3.8) is 0 Å². The summed E-state index contributed by atoms with van der Waals surface area (Å²) in [5.74, 6) is -0.914. The van der Waals surface area contributed by atoms with Gasteiger partial charge in [0, 0.05) is 0 Å². The molecule has 1 atom stereocenters. The van der Waals surface area contributed by atoms with E-state index in [2.05, 4.69) is 14.8 Å². The van der Waals surface area contributed by atoms with E-state index in [1.165, 1.54) is 39.5 Å². The third-order valence-corrected chi connectivity index (χ3v) is 5.52. The number of halogens is 1. The first-order valence-corrected chi connectivity index (χ1v) is 10.9. The molecule has 180 valence electrons. The number of methoxy groups -OCH3 is 3. The van der Waals surface area contributed by atoms with E-state index in [4.69, 9.17) is 13.9 Å². The van der Waals surface area contributed by atoms with Gasteiger partial charge in [0.25, 0.3) is 5.91 Å². The first-order chi connectivity index (χ1) is 16.2. The summed E-state index contributed by atoms with van der Waals surface area (Å²) in [6.45, 7) is 1.38. The van der Waals surface area contributed by atoms with Crippen LogP contribution in [0.2, 0.25) is 0 Å². The van der Waals surface area contributed by atoms with Crippen molar-refractivity contribution in [1.82, 2.24) is 10.2 Å². The Balaban J connectivity index is 1.81. The zero-order chi connectivity index (χ0) is 25.0. The molecule has 0 bridgehead atoms. The SMILES string of the molecule is COC(=O)c1ccc(CN2C(=O)N/C(=C\c3cc(I)c(O[C@@H](C)C(=O)OC)c(OC)c3)C2=O)o1. The van der Waals surface area contributed by atoms with Gasteiger partial charge in [-0.2, -0.15) is 0 Å². The maximum absolute atomic E-state index is 12.8. The number of nitrogens with one attached hydrogen (secondary N) is 1. The summed E-state index contributed by atoms with van der Waals surface area (Å²) in [5.41, 5.74) is 0.593. The first-order valence-electron chi connectivity index (χ1n) is 9.82. The zero-order valence-corrected chi connectivity index (χ0v) is 20.8. The summed E-state index contributed by atoms with van der Waals surface area (Å²) in [7, 11) is 3.92. The number of carbonyl (C=O) groups is 4. The molecule has 1 aromatic heterocycles. The third-order valence-electron chi connectivity index (χ3n) is 4.72. The number of carbonyl (C=O) groups excluding carboxylic acids is 4. The normalized spacial score (nSPS) is 15.2. The van der Waals surface area contributed by atoms with Crippen LogP contribution >= 0.6 is 22.6 Å². The Morgan fingerprint density at radius 3 is 2.56 bits per heavy atom. The second-order valence-electron chi connectivity index (χ2n) is 6.95. The van der Waals surface area contributed by atoms with Gasteiger partial charge in [0.2, 0.25) is 5.76 Å². The molecular weight excluding hydrogens is 563 g/mol. The average Bonchev–Trinajstić information content (AvgIpc) is 3.39. The molecule has 12 heteroatoms. The lowest BCUT2D eigenvalue weighted by atomic mass is 10.1. The van der Waals surface area contributed by atoms with Crippen molar-refractivity contribution >= 4 is 52.5 Å². The van der Waals surface area contributed by atoms with Crippen LogP contribution in [0.15, 0.2) is 34.4 Å². The Morgan fingerprint density at radius 2 is 1.91 bits per heavy atom. The molecule has 11 nitrogen and oxygen atoms in total. The monoisotopic (exact) mass is 584 g/mol. The second-order valence-corrected chi connectivity index (χ2v) is 8.12. The Labute approximate surface area is 208 Å². The van der Waals surface area contributed by atoms with Gasteiger partial charge in [0.1, 0.15) is 11.5 Å². The van der Waals surface area contributed by atoms with Gasteiger partial charge in [-0.05, 0) is 65.4 Å². The number of amides is 3. The Morgan fingerprint density at radius 1 is 1.18 bits per heavy atom. The molecular formula is C22H21IN2O9. The molecule has 2 heterocycles. The summed E-state index contributed by atoms with van der Waals surface area (Å²) in [4.78, 5) is 49.4. The van der Waals surface area contributed by atoms with Crippen LogP contribution in [0.4, 0.5) is 4.79 Å². The van der Waals surface area contributed by atoms with Gasteiger partial charge < -0.3 is 28.7 Å². The van der Waals surface area contributed by atoms with Gasteiger partial charge in [-0.25, -0.2) is 14.4 Å². The van der Waals surface area contributed by atoms with Crippen LogP contribution in [-0.2, 0) is 25.6 Å². The molecule has 3 rings (SSSR count). The molecule has 0 unspecified atom stereocenters. The maximum Gasteiger partial charge on any atom is 0.373 e. The number of urea groups is 1. The summed E-state index contributed by atoms with van der Waals surface area (Å²) < 4.78 is 26.3. The maximum atomic E-state index is 12.8. The molecule has 1 aromatic carbocycles. The summed E-state index contributed by atoms with van der Waals surface area (Å²) in [6.07, 6.45) is 0.627. The number of furan rings is 1. The third kappa shape index (κ3) is 5.32. The van der Waals surface area contributed by atoms with Gasteiger partial charge in [-0.15, -0.1) is 0 Å². The summed E-state index contributed by atoms with van der Waals surface area (Å²) >= 11 is 2.01. The van der Waals surface area contributed by atoms with Crippen molar-refractivity contribution in [1.29, 1.82) is 0 Å². The van der Waals surface area contributed by atoms with Crippen molar-refractivity contribution in [2.45, 2.75) is 19.6 Å². The van der Waals surface area contributed by atoms with E-state index in [1.807, 2.05) is 22.6 Å². The summed E-state index contributed by atoms with van der Waals surface area (Å²) in [5, 5.41) is 2.52. The topological polar surface area (TPSA) is 134 Å². The van der Waals surface area contributed by atoms with E-state index >= 15 is 0 Å². The van der Waals surface area contributed by atoms with Crippen LogP contribution < -0.4 is 14.8 Å². The summed E-state index contributed by atoms with van der Waals surface area (Å²) in [6, 6.07) is 5.55. The molecule has 0 aliphatic carbocycles. The second kappa shape index (κ2) is 10.6. The molecule has 1 aliphatic rings. The number of hydrogen-bond donors (Lipinski definition) is 1. The van der Waals surface area contributed by atoms with Gasteiger partial charge in [0.05, 0.1) is 31.4 Å². The molecule has 2 aromatic rings. The Bertz CT molecular complexity index is 1170. The molecule has 0 radical (unpaired) electrons. The van der Waals surface area contributed by atoms with Gasteiger partial charge in [0.15, 0.2) is 17.6 Å². The highest BCUT2D eigenvalue weighted by Crippen LogP contribution is 2.35.